The number of hydrogen-bond acceptors (Lipinski definition) is 3. The van der Waals surface area contributed by atoms with Crippen LogP contribution < -0.4 is 0 Å². The first-order valence-electron chi connectivity index (χ1n) is 4.31. The monoisotopic (exact) mass is 227 g/mol. The molecule has 0 spiro atoms. The Morgan fingerprint density at radius 3 is 3.07 bits per heavy atom. The molecule has 80 valence electrons. The molecule has 0 aliphatic heterocycles. The van der Waals surface area contributed by atoms with Crippen LogP contribution >= 0.6 is 11.6 Å². The molecule has 0 aliphatic carbocycles. The largest absolute Gasteiger partial charge is 0.481 e. The first-order chi connectivity index (χ1) is 7.18. The van der Waals surface area contributed by atoms with Gasteiger partial charge in [-0.2, -0.15) is 0 Å². The summed E-state index contributed by atoms with van der Waals surface area (Å²) in [5, 5.41) is 12.5. The second-order valence-electron chi connectivity index (χ2n) is 2.77. The Morgan fingerprint density at radius 2 is 2.40 bits per heavy atom. The van der Waals surface area contributed by atoms with E-state index in [0.29, 0.717) is 5.02 Å². The van der Waals surface area contributed by atoms with Crippen molar-refractivity contribution in [2.45, 2.75) is 6.42 Å². The normalized spacial score (nSPS) is 10.5. The zero-order valence-electron chi connectivity index (χ0n) is 7.89. The van der Waals surface area contributed by atoms with Gasteiger partial charge in [-0.3, -0.25) is 4.79 Å². The van der Waals surface area contributed by atoms with Crippen LogP contribution in [0, 0.1) is 0 Å². The molecule has 1 aromatic rings. The van der Waals surface area contributed by atoms with E-state index in [4.69, 9.17) is 21.5 Å². The number of carbonyl (C=O) groups is 1. The van der Waals surface area contributed by atoms with E-state index in [0.717, 1.165) is 5.56 Å². The molecule has 4 nitrogen and oxygen atoms in total. The average Bonchev–Trinajstić information content (AvgIpc) is 2.17. The van der Waals surface area contributed by atoms with Gasteiger partial charge in [-0.1, -0.05) is 28.9 Å². The van der Waals surface area contributed by atoms with Gasteiger partial charge in [-0.05, 0) is 17.7 Å². The minimum absolute atomic E-state index is 0.0619. The molecule has 0 bridgehead atoms. The summed E-state index contributed by atoms with van der Waals surface area (Å²) in [4.78, 5) is 14.9. The average molecular weight is 228 g/mol. The predicted octanol–water partition coefficient (Wildman–Crippen LogP) is 2.17. The predicted molar refractivity (Wildman–Crippen MR) is 57.3 cm³/mol. The third-order valence-corrected chi connectivity index (χ3v) is 1.77. The molecule has 0 heterocycles. The summed E-state index contributed by atoms with van der Waals surface area (Å²) in [7, 11) is 0. The fourth-order valence-corrected chi connectivity index (χ4v) is 1.07. The topological polar surface area (TPSA) is 58.9 Å². The molecule has 0 saturated carbocycles. The number of carboxylic acids is 1. The molecular formula is C10H10ClNO3. The Bertz CT molecular complexity index is 365. The van der Waals surface area contributed by atoms with E-state index >= 15 is 0 Å². The van der Waals surface area contributed by atoms with E-state index in [1.165, 1.54) is 6.21 Å². The van der Waals surface area contributed by atoms with Crippen molar-refractivity contribution in [3.63, 3.8) is 0 Å². The van der Waals surface area contributed by atoms with Crippen LogP contribution in [-0.2, 0) is 9.63 Å². The van der Waals surface area contributed by atoms with Crippen molar-refractivity contribution < 1.29 is 14.7 Å². The summed E-state index contributed by atoms with van der Waals surface area (Å²) in [6.07, 6.45) is 1.42. The fraction of sp³-hybridized carbons (Fsp3) is 0.200. The van der Waals surface area contributed by atoms with Gasteiger partial charge in [0.15, 0.2) is 0 Å². The van der Waals surface area contributed by atoms with Crippen molar-refractivity contribution in [1.82, 2.24) is 0 Å². The van der Waals surface area contributed by atoms with Gasteiger partial charge >= 0.3 is 5.97 Å². The quantitative estimate of drug-likeness (QED) is 0.476. The van der Waals surface area contributed by atoms with Crippen LogP contribution in [0.4, 0.5) is 0 Å². The Kier molecular flexibility index (Phi) is 4.63. The first-order valence-corrected chi connectivity index (χ1v) is 4.69. The van der Waals surface area contributed by atoms with Crippen LogP contribution in [-0.4, -0.2) is 23.9 Å². The van der Waals surface area contributed by atoms with E-state index in [1.807, 2.05) is 6.07 Å². The zero-order chi connectivity index (χ0) is 11.1. The minimum Gasteiger partial charge on any atom is -0.481 e. The number of benzene rings is 1. The van der Waals surface area contributed by atoms with E-state index in [9.17, 15) is 4.79 Å². The SMILES string of the molecule is O=C(O)CCO/N=C/c1cccc(Cl)c1. The molecule has 0 radical (unpaired) electrons. The third kappa shape index (κ3) is 5.02. The van der Waals surface area contributed by atoms with Gasteiger partial charge in [0.25, 0.3) is 0 Å². The molecule has 0 atom stereocenters. The molecule has 5 heteroatoms. The van der Waals surface area contributed by atoms with E-state index in [1.54, 1.807) is 18.2 Å². The molecule has 0 unspecified atom stereocenters. The fourth-order valence-electron chi connectivity index (χ4n) is 0.871. The van der Waals surface area contributed by atoms with E-state index < -0.39 is 5.97 Å². The van der Waals surface area contributed by atoms with Crippen molar-refractivity contribution in [2.75, 3.05) is 6.61 Å². The zero-order valence-corrected chi connectivity index (χ0v) is 8.65. The molecule has 0 aliphatic rings. The maximum Gasteiger partial charge on any atom is 0.306 e. The van der Waals surface area contributed by atoms with Crippen molar-refractivity contribution in [2.24, 2.45) is 5.16 Å². The Hall–Kier alpha value is -1.55. The van der Waals surface area contributed by atoms with Gasteiger partial charge < -0.3 is 9.94 Å². The second-order valence-corrected chi connectivity index (χ2v) is 3.20. The van der Waals surface area contributed by atoms with E-state index in [2.05, 4.69) is 5.16 Å². The summed E-state index contributed by atoms with van der Waals surface area (Å²) in [6, 6.07) is 7.09. The lowest BCUT2D eigenvalue weighted by atomic mass is 10.2. The molecule has 15 heavy (non-hydrogen) atoms. The lowest BCUT2D eigenvalue weighted by Gasteiger charge is -1.95. The first kappa shape index (κ1) is 11.5. The lowest BCUT2D eigenvalue weighted by Crippen LogP contribution is -1.99. The summed E-state index contributed by atoms with van der Waals surface area (Å²) >= 11 is 5.75. The van der Waals surface area contributed by atoms with Crippen molar-refractivity contribution in [1.29, 1.82) is 0 Å². The number of hydrogen-bond donors (Lipinski definition) is 1. The summed E-state index contributed by atoms with van der Waals surface area (Å²) in [6.45, 7) is 0.0619. The molecule has 1 rings (SSSR count). The highest BCUT2D eigenvalue weighted by Gasteiger charge is 1.95. The summed E-state index contributed by atoms with van der Waals surface area (Å²) in [5.74, 6) is -0.909. The second kappa shape index (κ2) is 6.03. The molecule has 0 fully saturated rings. The van der Waals surface area contributed by atoms with Crippen LogP contribution in [0.1, 0.15) is 12.0 Å². The lowest BCUT2D eigenvalue weighted by molar-refractivity contribution is -0.138. The number of halogens is 1. The van der Waals surface area contributed by atoms with Crippen LogP contribution in [0.25, 0.3) is 0 Å². The molecule has 1 N–H and O–H groups in total. The third-order valence-electron chi connectivity index (χ3n) is 1.53. The maximum atomic E-state index is 10.1. The van der Waals surface area contributed by atoms with E-state index in [-0.39, 0.29) is 13.0 Å². The van der Waals surface area contributed by atoms with Crippen LogP contribution in [0.3, 0.4) is 0 Å². The summed E-state index contributed by atoms with van der Waals surface area (Å²) < 4.78 is 0. The van der Waals surface area contributed by atoms with Crippen molar-refractivity contribution in [3.8, 4) is 0 Å². The van der Waals surface area contributed by atoms with Crippen molar-refractivity contribution in [3.05, 3.63) is 34.9 Å². The van der Waals surface area contributed by atoms with Gasteiger partial charge in [0.1, 0.15) is 6.61 Å². The Labute approximate surface area is 92.1 Å². The molecular weight excluding hydrogens is 218 g/mol. The number of carboxylic acid groups (broad SMARTS) is 1. The van der Waals surface area contributed by atoms with Crippen LogP contribution in [0.5, 0.6) is 0 Å². The number of rotatable bonds is 5. The number of aliphatic carboxylic acids is 1. The minimum atomic E-state index is -0.909. The number of nitrogens with zero attached hydrogens (tertiary/aromatic N) is 1. The Balaban J connectivity index is 2.35. The van der Waals surface area contributed by atoms with Gasteiger partial charge in [-0.15, -0.1) is 0 Å². The highest BCUT2D eigenvalue weighted by molar-refractivity contribution is 6.30. The molecule has 1 aromatic carbocycles. The van der Waals surface area contributed by atoms with Gasteiger partial charge in [-0.25, -0.2) is 0 Å². The highest BCUT2D eigenvalue weighted by atomic mass is 35.5. The smallest absolute Gasteiger partial charge is 0.306 e. The van der Waals surface area contributed by atoms with Gasteiger partial charge in [0.2, 0.25) is 0 Å². The standard InChI is InChI=1S/C10H10ClNO3/c11-9-3-1-2-8(6-9)7-12-15-5-4-10(13)14/h1-3,6-7H,4-5H2,(H,13,14)/b12-7+. The van der Waals surface area contributed by atoms with Crippen LogP contribution in [0.15, 0.2) is 29.4 Å². The maximum absolute atomic E-state index is 10.1. The summed E-state index contributed by atoms with van der Waals surface area (Å²) in [5.41, 5.74) is 0.804. The van der Waals surface area contributed by atoms with Gasteiger partial charge in [0, 0.05) is 5.02 Å². The Morgan fingerprint density at radius 1 is 1.60 bits per heavy atom. The van der Waals surface area contributed by atoms with Gasteiger partial charge in [0.05, 0.1) is 12.6 Å². The highest BCUT2D eigenvalue weighted by Crippen LogP contribution is 2.08. The number of oxime groups is 1. The molecule has 0 amide bonds. The molecule has 0 saturated heterocycles. The van der Waals surface area contributed by atoms with Crippen molar-refractivity contribution >= 4 is 23.8 Å². The molecule has 0 aromatic heterocycles. The van der Waals surface area contributed by atoms with Crippen LogP contribution in [0.2, 0.25) is 5.02 Å².